The van der Waals surface area contributed by atoms with Gasteiger partial charge in [-0.15, -0.1) is 0 Å². The molecule has 0 bridgehead atoms. The first-order valence-corrected chi connectivity index (χ1v) is 9.27. The maximum absolute atomic E-state index is 11.9. The van der Waals surface area contributed by atoms with Gasteiger partial charge < -0.3 is 26.4 Å². The summed E-state index contributed by atoms with van der Waals surface area (Å²) in [6.45, 7) is 5.50. The summed E-state index contributed by atoms with van der Waals surface area (Å²) in [7, 11) is 1.64. The lowest BCUT2D eigenvalue weighted by molar-refractivity contribution is -0.120. The molecular formula is C19H34N4O2. The number of carbonyl (C=O) groups is 1. The van der Waals surface area contributed by atoms with Crippen molar-refractivity contribution < 1.29 is 9.53 Å². The van der Waals surface area contributed by atoms with E-state index in [1.807, 2.05) is 24.3 Å². The molecule has 1 amide bonds. The molecular weight excluding hydrogens is 316 g/mol. The van der Waals surface area contributed by atoms with Gasteiger partial charge in [0.25, 0.3) is 0 Å². The molecule has 0 radical (unpaired) electrons. The Morgan fingerprint density at radius 2 is 1.52 bits per heavy atom. The molecule has 0 saturated heterocycles. The van der Waals surface area contributed by atoms with Crippen molar-refractivity contribution in [1.82, 2.24) is 16.0 Å². The molecule has 0 heterocycles. The highest BCUT2D eigenvalue weighted by Crippen LogP contribution is 2.11. The number of ether oxygens (including phenoxy) is 1. The fourth-order valence-electron chi connectivity index (χ4n) is 2.41. The second-order valence-corrected chi connectivity index (χ2v) is 6.08. The average Bonchev–Trinajstić information content (AvgIpc) is 2.63. The SMILES string of the molecule is COc1ccc(CC(=O)NCCCNCCCCNCCCN)cc1. The Kier molecular flexibility index (Phi) is 12.6. The quantitative estimate of drug-likeness (QED) is 0.355. The summed E-state index contributed by atoms with van der Waals surface area (Å²) in [5.74, 6) is 0.871. The molecule has 0 aliphatic heterocycles. The number of rotatable bonds is 15. The van der Waals surface area contributed by atoms with E-state index in [0.29, 0.717) is 13.0 Å². The zero-order valence-corrected chi connectivity index (χ0v) is 15.5. The van der Waals surface area contributed by atoms with Crippen LogP contribution in [0.25, 0.3) is 0 Å². The smallest absolute Gasteiger partial charge is 0.224 e. The molecule has 1 aromatic carbocycles. The van der Waals surface area contributed by atoms with E-state index >= 15 is 0 Å². The van der Waals surface area contributed by atoms with Gasteiger partial charge in [0.1, 0.15) is 5.75 Å². The molecule has 0 fully saturated rings. The number of hydrogen-bond donors (Lipinski definition) is 4. The normalized spacial score (nSPS) is 10.6. The molecule has 0 aliphatic rings. The molecule has 0 atom stereocenters. The predicted molar refractivity (Wildman–Crippen MR) is 103 cm³/mol. The number of nitrogens with two attached hydrogens (primary N) is 1. The number of amides is 1. The summed E-state index contributed by atoms with van der Waals surface area (Å²) in [6, 6.07) is 7.59. The Labute approximate surface area is 151 Å². The molecule has 25 heavy (non-hydrogen) atoms. The minimum Gasteiger partial charge on any atom is -0.497 e. The summed E-state index contributed by atoms with van der Waals surface area (Å²) < 4.78 is 5.11. The molecule has 1 rings (SSSR count). The minimum atomic E-state index is 0.0636. The second kappa shape index (κ2) is 14.7. The number of nitrogens with one attached hydrogen (secondary N) is 3. The van der Waals surface area contributed by atoms with Gasteiger partial charge >= 0.3 is 0 Å². The van der Waals surface area contributed by atoms with Gasteiger partial charge in [-0.25, -0.2) is 0 Å². The van der Waals surface area contributed by atoms with Crippen molar-refractivity contribution in [1.29, 1.82) is 0 Å². The Balaban J connectivity index is 1.91. The molecule has 0 saturated carbocycles. The van der Waals surface area contributed by atoms with Gasteiger partial charge in [-0.05, 0) is 76.1 Å². The monoisotopic (exact) mass is 350 g/mol. The third kappa shape index (κ3) is 11.5. The lowest BCUT2D eigenvalue weighted by atomic mass is 10.1. The lowest BCUT2D eigenvalue weighted by Gasteiger charge is -2.08. The highest BCUT2D eigenvalue weighted by Gasteiger charge is 2.03. The highest BCUT2D eigenvalue weighted by molar-refractivity contribution is 5.78. The molecule has 6 heteroatoms. The van der Waals surface area contributed by atoms with Crippen LogP contribution in [0.15, 0.2) is 24.3 Å². The zero-order valence-electron chi connectivity index (χ0n) is 15.5. The van der Waals surface area contributed by atoms with E-state index in [2.05, 4.69) is 16.0 Å². The van der Waals surface area contributed by atoms with E-state index < -0.39 is 0 Å². The van der Waals surface area contributed by atoms with Crippen molar-refractivity contribution in [3.63, 3.8) is 0 Å². The van der Waals surface area contributed by atoms with E-state index in [1.54, 1.807) is 7.11 Å². The second-order valence-electron chi connectivity index (χ2n) is 6.08. The van der Waals surface area contributed by atoms with E-state index in [0.717, 1.165) is 56.9 Å². The first-order chi connectivity index (χ1) is 12.3. The van der Waals surface area contributed by atoms with Gasteiger partial charge in [0.15, 0.2) is 0 Å². The van der Waals surface area contributed by atoms with Gasteiger partial charge in [-0.2, -0.15) is 0 Å². The number of hydrogen-bond acceptors (Lipinski definition) is 5. The molecule has 0 aliphatic carbocycles. The number of carbonyl (C=O) groups excluding carboxylic acids is 1. The van der Waals surface area contributed by atoms with Crippen molar-refractivity contribution in [2.24, 2.45) is 5.73 Å². The number of benzene rings is 1. The third-order valence-corrected chi connectivity index (χ3v) is 3.89. The molecule has 1 aromatic rings. The summed E-state index contributed by atoms with van der Waals surface area (Å²) in [4.78, 5) is 11.9. The Hall–Kier alpha value is -1.63. The summed E-state index contributed by atoms with van der Waals surface area (Å²) in [6.07, 6.45) is 4.75. The van der Waals surface area contributed by atoms with Crippen LogP contribution in [0.2, 0.25) is 0 Å². The van der Waals surface area contributed by atoms with E-state index in [1.165, 1.54) is 12.8 Å². The van der Waals surface area contributed by atoms with Crippen LogP contribution in [0.3, 0.4) is 0 Å². The van der Waals surface area contributed by atoms with E-state index in [9.17, 15) is 4.79 Å². The Bertz CT molecular complexity index is 451. The Morgan fingerprint density at radius 3 is 2.12 bits per heavy atom. The lowest BCUT2D eigenvalue weighted by Crippen LogP contribution is -2.29. The molecule has 0 unspecified atom stereocenters. The van der Waals surface area contributed by atoms with Gasteiger partial charge in [0.05, 0.1) is 13.5 Å². The minimum absolute atomic E-state index is 0.0636. The number of unbranched alkanes of at least 4 members (excludes halogenated alkanes) is 1. The molecule has 0 aromatic heterocycles. The van der Waals surface area contributed by atoms with Crippen LogP contribution in [0.1, 0.15) is 31.2 Å². The summed E-state index contributed by atoms with van der Waals surface area (Å²) >= 11 is 0. The summed E-state index contributed by atoms with van der Waals surface area (Å²) in [5, 5.41) is 9.74. The van der Waals surface area contributed by atoms with Crippen LogP contribution < -0.4 is 26.4 Å². The molecule has 0 spiro atoms. The van der Waals surface area contributed by atoms with Gasteiger partial charge in [0, 0.05) is 6.54 Å². The molecule has 5 N–H and O–H groups in total. The van der Waals surface area contributed by atoms with Crippen molar-refractivity contribution in [3.05, 3.63) is 29.8 Å². The van der Waals surface area contributed by atoms with Crippen LogP contribution in [-0.4, -0.2) is 52.3 Å². The van der Waals surface area contributed by atoms with Crippen LogP contribution >= 0.6 is 0 Å². The zero-order chi connectivity index (χ0) is 18.2. The van der Waals surface area contributed by atoms with E-state index in [4.69, 9.17) is 10.5 Å². The van der Waals surface area contributed by atoms with Crippen LogP contribution in [0.5, 0.6) is 5.75 Å². The van der Waals surface area contributed by atoms with Crippen molar-refractivity contribution >= 4 is 5.91 Å². The fraction of sp³-hybridized carbons (Fsp3) is 0.632. The van der Waals surface area contributed by atoms with E-state index in [-0.39, 0.29) is 5.91 Å². The van der Waals surface area contributed by atoms with Gasteiger partial charge in [-0.1, -0.05) is 12.1 Å². The highest BCUT2D eigenvalue weighted by atomic mass is 16.5. The van der Waals surface area contributed by atoms with Crippen LogP contribution in [0, 0.1) is 0 Å². The maximum atomic E-state index is 11.9. The van der Waals surface area contributed by atoms with Crippen molar-refractivity contribution in [3.8, 4) is 5.75 Å². The average molecular weight is 351 g/mol. The fourth-order valence-corrected chi connectivity index (χ4v) is 2.41. The first kappa shape index (κ1) is 21.4. The maximum Gasteiger partial charge on any atom is 0.224 e. The summed E-state index contributed by atoms with van der Waals surface area (Å²) in [5.41, 5.74) is 6.43. The van der Waals surface area contributed by atoms with Crippen molar-refractivity contribution in [2.75, 3.05) is 46.4 Å². The van der Waals surface area contributed by atoms with Crippen LogP contribution in [-0.2, 0) is 11.2 Å². The molecule has 142 valence electrons. The topological polar surface area (TPSA) is 88.4 Å². The Morgan fingerprint density at radius 1 is 0.920 bits per heavy atom. The third-order valence-electron chi connectivity index (χ3n) is 3.89. The van der Waals surface area contributed by atoms with Crippen molar-refractivity contribution in [2.45, 2.75) is 32.1 Å². The first-order valence-electron chi connectivity index (χ1n) is 9.27. The van der Waals surface area contributed by atoms with Crippen LogP contribution in [0.4, 0.5) is 0 Å². The molecule has 6 nitrogen and oxygen atoms in total. The number of methoxy groups -OCH3 is 1. The largest absolute Gasteiger partial charge is 0.497 e. The standard InChI is InChI=1S/C19H34N4O2/c1-25-18-8-6-17(7-9-18)16-19(24)23-15-5-14-22-12-3-2-11-21-13-4-10-20/h6-9,21-22H,2-5,10-16,20H2,1H3,(H,23,24). The van der Waals surface area contributed by atoms with Gasteiger partial charge in [0.2, 0.25) is 5.91 Å². The predicted octanol–water partition coefficient (Wildman–Crippen LogP) is 1.05. The van der Waals surface area contributed by atoms with Gasteiger partial charge in [-0.3, -0.25) is 4.79 Å².